The van der Waals surface area contributed by atoms with Gasteiger partial charge in [0, 0.05) is 33.2 Å². The second-order valence-electron chi connectivity index (χ2n) is 15.2. The van der Waals surface area contributed by atoms with E-state index in [1.54, 1.807) is 0 Å². The molecule has 3 heteroatoms. The SMILES string of the molecule is CN(C(C)(C)C(C)(C)C)C(C)(C)C(C)(C)N(C)C(C)(C)C(C)(C)NC(C)(C)C(C)(C)C. The number of nitrogens with one attached hydrogen (secondary N) is 1. The molecule has 0 heterocycles. The van der Waals surface area contributed by atoms with E-state index in [2.05, 4.69) is 154 Å². The fraction of sp³-hybridized carbons (Fsp3) is 1.00. The fourth-order valence-corrected chi connectivity index (χ4v) is 4.26. The van der Waals surface area contributed by atoms with Gasteiger partial charge in [-0.25, -0.2) is 0 Å². The Morgan fingerprint density at radius 3 is 0.903 bits per heavy atom. The number of rotatable bonds is 8. The van der Waals surface area contributed by atoms with E-state index in [1.807, 2.05) is 0 Å². The van der Waals surface area contributed by atoms with Gasteiger partial charge in [0.05, 0.1) is 0 Å². The molecule has 0 amide bonds. The van der Waals surface area contributed by atoms with Gasteiger partial charge in [-0.3, -0.25) is 9.80 Å². The molecule has 188 valence electrons. The maximum absolute atomic E-state index is 4.05. The molecule has 0 aliphatic carbocycles. The van der Waals surface area contributed by atoms with Crippen LogP contribution in [0.3, 0.4) is 0 Å². The zero-order valence-electron chi connectivity index (χ0n) is 25.4. The van der Waals surface area contributed by atoms with Crippen molar-refractivity contribution >= 4 is 0 Å². The summed E-state index contributed by atoms with van der Waals surface area (Å²) in [6.45, 7) is 42.6. The minimum atomic E-state index is -0.107. The molecule has 0 radical (unpaired) electrons. The third-order valence-corrected chi connectivity index (χ3v) is 10.7. The zero-order chi connectivity index (χ0) is 25.9. The Labute approximate surface area is 198 Å². The lowest BCUT2D eigenvalue weighted by Crippen LogP contribution is -2.77. The molecule has 0 aromatic heterocycles. The molecule has 0 aromatic carbocycles. The lowest BCUT2D eigenvalue weighted by Gasteiger charge is -2.64. The standard InChI is InChI=1S/C28H61N3/c1-21(2,3)23(7,8)29-24(9,10)26(13,14)31(20)28(17,18)27(15,16)30(19)25(11,12)22(4,5)6/h29H,1-20H3. The summed E-state index contributed by atoms with van der Waals surface area (Å²) in [6.07, 6.45) is 0. The minimum Gasteiger partial charge on any atom is -0.305 e. The summed E-state index contributed by atoms with van der Waals surface area (Å²) in [5.74, 6) is 0. The fourth-order valence-electron chi connectivity index (χ4n) is 4.26. The molecule has 0 atom stereocenters. The lowest BCUT2D eigenvalue weighted by molar-refractivity contribution is -0.127. The average molecular weight is 440 g/mol. The highest BCUT2D eigenvalue weighted by Gasteiger charge is 2.55. The summed E-state index contributed by atoms with van der Waals surface area (Å²) in [5.41, 5.74) is 0.0163. The first-order valence-electron chi connectivity index (χ1n) is 12.3. The third kappa shape index (κ3) is 5.35. The molecule has 31 heavy (non-hydrogen) atoms. The van der Waals surface area contributed by atoms with Crippen molar-refractivity contribution in [3.63, 3.8) is 0 Å². The van der Waals surface area contributed by atoms with Crippen LogP contribution >= 0.6 is 0 Å². The predicted octanol–water partition coefficient (Wildman–Crippen LogP) is 7.20. The Hall–Kier alpha value is -0.120. The van der Waals surface area contributed by atoms with E-state index in [-0.39, 0.29) is 44.1 Å². The van der Waals surface area contributed by atoms with Gasteiger partial charge in [0.15, 0.2) is 0 Å². The van der Waals surface area contributed by atoms with Crippen molar-refractivity contribution < 1.29 is 0 Å². The first kappa shape index (κ1) is 30.9. The zero-order valence-corrected chi connectivity index (χ0v) is 25.4. The first-order chi connectivity index (χ1) is 13.0. The van der Waals surface area contributed by atoms with Crippen LogP contribution in [-0.4, -0.2) is 57.1 Å². The van der Waals surface area contributed by atoms with Gasteiger partial charge >= 0.3 is 0 Å². The minimum absolute atomic E-state index is 0.000706. The van der Waals surface area contributed by atoms with E-state index >= 15 is 0 Å². The Morgan fingerprint density at radius 2 is 0.645 bits per heavy atom. The van der Waals surface area contributed by atoms with Crippen LogP contribution in [0.2, 0.25) is 0 Å². The molecule has 3 nitrogen and oxygen atoms in total. The second kappa shape index (κ2) is 8.27. The van der Waals surface area contributed by atoms with Crippen LogP contribution in [0.1, 0.15) is 125 Å². The summed E-state index contributed by atoms with van der Waals surface area (Å²) in [7, 11) is 4.62. The smallest absolute Gasteiger partial charge is 0.0334 e. The molecule has 0 fully saturated rings. The quantitative estimate of drug-likeness (QED) is 0.431. The van der Waals surface area contributed by atoms with Crippen molar-refractivity contribution in [2.24, 2.45) is 10.8 Å². The summed E-state index contributed by atoms with van der Waals surface area (Å²) in [4.78, 5) is 5.22. The van der Waals surface area contributed by atoms with Gasteiger partial charge in [-0.2, -0.15) is 0 Å². The van der Waals surface area contributed by atoms with E-state index in [0.717, 1.165) is 0 Å². The molecule has 0 rings (SSSR count). The molecule has 0 spiro atoms. The van der Waals surface area contributed by atoms with Crippen molar-refractivity contribution in [2.75, 3.05) is 14.1 Å². The Kier molecular flexibility index (Phi) is 8.24. The van der Waals surface area contributed by atoms with Crippen LogP contribution in [0, 0.1) is 10.8 Å². The summed E-state index contributed by atoms with van der Waals surface area (Å²) in [5, 5.41) is 4.05. The first-order valence-corrected chi connectivity index (χ1v) is 12.3. The molecule has 0 aliphatic heterocycles. The van der Waals surface area contributed by atoms with Crippen molar-refractivity contribution in [1.29, 1.82) is 0 Å². The number of hydrogen-bond donors (Lipinski definition) is 1. The van der Waals surface area contributed by atoms with Crippen molar-refractivity contribution in [2.45, 2.75) is 158 Å². The lowest BCUT2D eigenvalue weighted by atomic mass is 9.67. The van der Waals surface area contributed by atoms with Gasteiger partial charge in [-0.05, 0) is 108 Å². The summed E-state index contributed by atoms with van der Waals surface area (Å²) < 4.78 is 0. The summed E-state index contributed by atoms with van der Waals surface area (Å²) >= 11 is 0. The molecule has 0 saturated carbocycles. The number of likely N-dealkylation sites (N-methyl/N-ethyl adjacent to an activating group) is 2. The third-order valence-electron chi connectivity index (χ3n) is 10.7. The molecule has 0 aliphatic rings. The van der Waals surface area contributed by atoms with E-state index in [1.165, 1.54) is 0 Å². The predicted molar refractivity (Wildman–Crippen MR) is 142 cm³/mol. The maximum Gasteiger partial charge on any atom is 0.0334 e. The number of nitrogens with zero attached hydrogens (tertiary/aromatic N) is 2. The molecular weight excluding hydrogens is 378 g/mol. The van der Waals surface area contributed by atoms with E-state index in [4.69, 9.17) is 0 Å². The second-order valence-corrected chi connectivity index (χ2v) is 15.2. The molecule has 0 bridgehead atoms. The highest BCUT2D eigenvalue weighted by atomic mass is 15.4. The highest BCUT2D eigenvalue weighted by molar-refractivity contribution is 5.14. The van der Waals surface area contributed by atoms with Crippen molar-refractivity contribution in [3.05, 3.63) is 0 Å². The van der Waals surface area contributed by atoms with E-state index < -0.39 is 0 Å². The Morgan fingerprint density at radius 1 is 0.355 bits per heavy atom. The average Bonchev–Trinajstić information content (AvgIpc) is 2.49. The molecule has 0 aromatic rings. The van der Waals surface area contributed by atoms with Crippen LogP contribution < -0.4 is 5.32 Å². The van der Waals surface area contributed by atoms with E-state index in [0.29, 0.717) is 0 Å². The van der Waals surface area contributed by atoms with Gasteiger partial charge in [0.25, 0.3) is 0 Å². The molecule has 1 N–H and O–H groups in total. The van der Waals surface area contributed by atoms with Crippen molar-refractivity contribution in [1.82, 2.24) is 15.1 Å². The highest BCUT2D eigenvalue weighted by Crippen LogP contribution is 2.46. The van der Waals surface area contributed by atoms with Crippen molar-refractivity contribution in [3.8, 4) is 0 Å². The van der Waals surface area contributed by atoms with Crippen LogP contribution in [0.5, 0.6) is 0 Å². The van der Waals surface area contributed by atoms with Crippen LogP contribution in [-0.2, 0) is 0 Å². The van der Waals surface area contributed by atoms with Gasteiger partial charge in [0.1, 0.15) is 0 Å². The maximum atomic E-state index is 4.05. The monoisotopic (exact) mass is 439 g/mol. The topological polar surface area (TPSA) is 18.5 Å². The van der Waals surface area contributed by atoms with Crippen LogP contribution in [0.4, 0.5) is 0 Å². The Balaban J connectivity index is 6.27. The molecule has 0 unspecified atom stereocenters. The molecule has 0 saturated heterocycles. The summed E-state index contributed by atoms with van der Waals surface area (Å²) in [6, 6.07) is 0. The Bertz CT molecular complexity index is 607. The van der Waals surface area contributed by atoms with E-state index in [9.17, 15) is 0 Å². The number of hydrogen-bond acceptors (Lipinski definition) is 3. The van der Waals surface area contributed by atoms with Gasteiger partial charge < -0.3 is 5.32 Å². The van der Waals surface area contributed by atoms with Gasteiger partial charge in [0.2, 0.25) is 0 Å². The van der Waals surface area contributed by atoms with Gasteiger partial charge in [-0.1, -0.05) is 41.5 Å². The van der Waals surface area contributed by atoms with Crippen LogP contribution in [0.25, 0.3) is 0 Å². The normalized spacial score (nSPS) is 16.5. The largest absolute Gasteiger partial charge is 0.305 e. The van der Waals surface area contributed by atoms with Crippen LogP contribution in [0.15, 0.2) is 0 Å². The van der Waals surface area contributed by atoms with Gasteiger partial charge in [-0.15, -0.1) is 0 Å². The molecular formula is C28H61N3.